The predicted octanol–water partition coefficient (Wildman–Crippen LogP) is 7.25. The van der Waals surface area contributed by atoms with E-state index in [1.165, 1.54) is 0 Å². The SMILES string of the molecule is O=C(CCCl)OC(COc1ccccc1)COc1ccc(Sc2ccc(OCOc3ccccc3)cc2)cc1. The number of benzene rings is 4. The second-order valence-electron chi connectivity index (χ2n) is 8.25. The van der Waals surface area contributed by atoms with Crippen molar-refractivity contribution in [1.82, 2.24) is 0 Å². The summed E-state index contributed by atoms with van der Waals surface area (Å²) in [5.74, 6) is 2.67. The quantitative estimate of drug-likeness (QED) is 0.0855. The Bertz CT molecular complexity index is 1250. The summed E-state index contributed by atoms with van der Waals surface area (Å²) in [6.45, 7) is 0.468. The van der Waals surface area contributed by atoms with Gasteiger partial charge in [0.05, 0.1) is 6.42 Å². The maximum absolute atomic E-state index is 12.0. The Kier molecular flexibility index (Phi) is 11.3. The molecule has 4 aromatic carbocycles. The number of esters is 1. The molecule has 0 spiro atoms. The predicted molar refractivity (Wildman–Crippen MR) is 152 cm³/mol. The van der Waals surface area contributed by atoms with Gasteiger partial charge >= 0.3 is 5.97 Å². The molecule has 0 aliphatic rings. The minimum absolute atomic E-state index is 0.129. The van der Waals surface area contributed by atoms with Gasteiger partial charge in [0.2, 0.25) is 6.79 Å². The maximum Gasteiger partial charge on any atom is 0.307 e. The molecular formula is C31H29ClO6S. The second-order valence-corrected chi connectivity index (χ2v) is 9.78. The number of carbonyl (C=O) groups excluding carboxylic acids is 1. The lowest BCUT2D eigenvalue weighted by atomic mass is 10.3. The molecule has 0 saturated carbocycles. The van der Waals surface area contributed by atoms with Crippen molar-refractivity contribution in [2.45, 2.75) is 22.3 Å². The van der Waals surface area contributed by atoms with Crippen molar-refractivity contribution in [3.63, 3.8) is 0 Å². The summed E-state index contributed by atoms with van der Waals surface area (Å²) in [4.78, 5) is 14.1. The van der Waals surface area contributed by atoms with E-state index in [0.29, 0.717) is 11.5 Å². The van der Waals surface area contributed by atoms with Crippen LogP contribution in [0, 0.1) is 0 Å². The highest BCUT2D eigenvalue weighted by molar-refractivity contribution is 7.99. The minimum atomic E-state index is -0.575. The van der Waals surface area contributed by atoms with Gasteiger partial charge in [-0.05, 0) is 72.8 Å². The van der Waals surface area contributed by atoms with Crippen LogP contribution in [0.1, 0.15) is 6.42 Å². The van der Waals surface area contributed by atoms with Crippen LogP contribution in [0.2, 0.25) is 0 Å². The smallest absolute Gasteiger partial charge is 0.307 e. The summed E-state index contributed by atoms with van der Waals surface area (Å²) in [6, 6.07) is 34.4. The number of halogens is 1. The molecule has 0 radical (unpaired) electrons. The van der Waals surface area contributed by atoms with Crippen LogP contribution in [0.5, 0.6) is 23.0 Å². The summed E-state index contributed by atoms with van der Waals surface area (Å²) < 4.78 is 28.4. The van der Waals surface area contributed by atoms with Crippen LogP contribution in [0.15, 0.2) is 119 Å². The van der Waals surface area contributed by atoms with Crippen LogP contribution < -0.4 is 18.9 Å². The van der Waals surface area contributed by atoms with Crippen molar-refractivity contribution in [1.29, 1.82) is 0 Å². The molecule has 0 aromatic heterocycles. The van der Waals surface area contributed by atoms with Crippen molar-refractivity contribution >= 4 is 29.3 Å². The molecule has 202 valence electrons. The van der Waals surface area contributed by atoms with E-state index in [4.69, 9.17) is 35.3 Å². The third-order valence-corrected chi connectivity index (χ3v) is 6.49. The van der Waals surface area contributed by atoms with Gasteiger partial charge in [0.1, 0.15) is 36.2 Å². The lowest BCUT2D eigenvalue weighted by molar-refractivity contribution is -0.151. The van der Waals surface area contributed by atoms with E-state index in [-0.39, 0.29) is 38.3 Å². The monoisotopic (exact) mass is 564 g/mol. The fraction of sp³-hybridized carbons (Fsp3) is 0.194. The Balaban J connectivity index is 1.24. The fourth-order valence-corrected chi connectivity index (χ4v) is 4.33. The average molecular weight is 565 g/mol. The molecule has 1 atom stereocenters. The van der Waals surface area contributed by atoms with Gasteiger partial charge in [0.25, 0.3) is 0 Å². The van der Waals surface area contributed by atoms with Crippen LogP contribution in [0.3, 0.4) is 0 Å². The molecule has 0 fully saturated rings. The number of alkyl halides is 1. The molecule has 4 rings (SSSR count). The van der Waals surface area contributed by atoms with Gasteiger partial charge in [0.15, 0.2) is 6.10 Å². The van der Waals surface area contributed by atoms with E-state index in [1.54, 1.807) is 11.8 Å². The van der Waals surface area contributed by atoms with Crippen LogP contribution in [0.25, 0.3) is 0 Å². The molecule has 0 bridgehead atoms. The normalized spacial score (nSPS) is 11.3. The van der Waals surface area contributed by atoms with Crippen molar-refractivity contribution < 1.29 is 28.5 Å². The van der Waals surface area contributed by atoms with E-state index >= 15 is 0 Å². The first-order chi connectivity index (χ1) is 19.2. The van der Waals surface area contributed by atoms with Gasteiger partial charge in [-0.2, -0.15) is 0 Å². The summed E-state index contributed by atoms with van der Waals surface area (Å²) >= 11 is 7.30. The third-order valence-electron chi connectivity index (χ3n) is 5.29. The number of rotatable bonds is 15. The Morgan fingerprint density at radius 3 is 1.54 bits per heavy atom. The Morgan fingerprint density at radius 1 is 0.615 bits per heavy atom. The topological polar surface area (TPSA) is 63.2 Å². The van der Waals surface area contributed by atoms with Crippen LogP contribution in [-0.2, 0) is 9.53 Å². The average Bonchev–Trinajstić information content (AvgIpc) is 2.97. The Labute approximate surface area is 237 Å². The van der Waals surface area contributed by atoms with Gasteiger partial charge in [-0.3, -0.25) is 4.79 Å². The summed E-state index contributed by atoms with van der Waals surface area (Å²) in [6.07, 6.45) is -0.446. The van der Waals surface area contributed by atoms with E-state index in [0.717, 1.165) is 21.3 Å². The molecule has 0 heterocycles. The largest absolute Gasteiger partial charge is 0.490 e. The van der Waals surface area contributed by atoms with E-state index in [2.05, 4.69) is 0 Å². The van der Waals surface area contributed by atoms with Gasteiger partial charge in [0, 0.05) is 15.7 Å². The molecule has 0 amide bonds. The molecule has 0 aliphatic heterocycles. The lowest BCUT2D eigenvalue weighted by Crippen LogP contribution is -2.31. The van der Waals surface area contributed by atoms with Crippen LogP contribution in [-0.4, -0.2) is 38.0 Å². The van der Waals surface area contributed by atoms with Crippen LogP contribution >= 0.6 is 23.4 Å². The Hall–Kier alpha value is -3.81. The van der Waals surface area contributed by atoms with E-state index in [9.17, 15) is 4.79 Å². The minimum Gasteiger partial charge on any atom is -0.490 e. The molecule has 8 heteroatoms. The van der Waals surface area contributed by atoms with Crippen LogP contribution in [0.4, 0.5) is 0 Å². The standard InChI is InChI=1S/C31H29ClO6S/c32-20-19-31(33)38-28(21-34-24-7-3-1-4-8-24)22-35-26-11-15-29(16-12-26)39-30-17-13-27(14-18-30)37-23-36-25-9-5-2-6-10-25/h1-18,28H,19-23H2. The van der Waals surface area contributed by atoms with E-state index < -0.39 is 6.10 Å². The fourth-order valence-electron chi connectivity index (χ4n) is 3.36. The highest BCUT2D eigenvalue weighted by atomic mass is 35.5. The molecule has 0 aliphatic carbocycles. The number of hydrogen-bond acceptors (Lipinski definition) is 7. The molecule has 4 aromatic rings. The summed E-state index contributed by atoms with van der Waals surface area (Å²) in [7, 11) is 0. The van der Waals surface area contributed by atoms with E-state index in [1.807, 2.05) is 109 Å². The van der Waals surface area contributed by atoms with Crippen molar-refractivity contribution in [2.24, 2.45) is 0 Å². The first-order valence-corrected chi connectivity index (χ1v) is 13.8. The van der Waals surface area contributed by atoms with Gasteiger partial charge in [-0.25, -0.2) is 0 Å². The van der Waals surface area contributed by atoms with Crippen molar-refractivity contribution in [3.05, 3.63) is 109 Å². The van der Waals surface area contributed by atoms with Gasteiger partial charge in [-0.15, -0.1) is 11.6 Å². The maximum atomic E-state index is 12.0. The lowest BCUT2D eigenvalue weighted by Gasteiger charge is -2.19. The highest BCUT2D eigenvalue weighted by Crippen LogP contribution is 2.30. The number of hydrogen-bond donors (Lipinski definition) is 0. The zero-order chi connectivity index (χ0) is 27.1. The second kappa shape index (κ2) is 15.6. The molecule has 0 N–H and O–H groups in total. The van der Waals surface area contributed by atoms with Gasteiger partial charge in [-0.1, -0.05) is 48.2 Å². The van der Waals surface area contributed by atoms with Gasteiger partial charge < -0.3 is 23.7 Å². The summed E-state index contributed by atoms with van der Waals surface area (Å²) in [5, 5.41) is 0. The number of para-hydroxylation sites is 2. The molecule has 1 unspecified atom stereocenters. The first-order valence-electron chi connectivity index (χ1n) is 12.4. The molecule has 39 heavy (non-hydrogen) atoms. The first kappa shape index (κ1) is 28.2. The highest BCUT2D eigenvalue weighted by Gasteiger charge is 2.17. The molecular weight excluding hydrogens is 536 g/mol. The number of carbonyl (C=O) groups is 1. The number of ether oxygens (including phenoxy) is 5. The molecule has 6 nitrogen and oxygen atoms in total. The third kappa shape index (κ3) is 10.1. The molecule has 0 saturated heterocycles. The zero-order valence-corrected chi connectivity index (χ0v) is 22.8. The van der Waals surface area contributed by atoms with Crippen molar-refractivity contribution in [3.8, 4) is 23.0 Å². The Morgan fingerprint density at radius 2 is 1.05 bits per heavy atom. The van der Waals surface area contributed by atoms with Crippen molar-refractivity contribution in [2.75, 3.05) is 25.9 Å². The summed E-state index contributed by atoms with van der Waals surface area (Å²) in [5.41, 5.74) is 0. The zero-order valence-electron chi connectivity index (χ0n) is 21.2.